The lowest BCUT2D eigenvalue weighted by atomic mass is 10.1. The Morgan fingerprint density at radius 1 is 0.931 bits per heavy atom. The number of aryl methyl sites for hydroxylation is 1. The van der Waals surface area contributed by atoms with E-state index < -0.39 is 0 Å². The first-order valence-corrected chi connectivity index (χ1v) is 11.6. The van der Waals surface area contributed by atoms with Gasteiger partial charge in [-0.25, -0.2) is 9.37 Å². The van der Waals surface area contributed by atoms with E-state index in [0.29, 0.717) is 0 Å². The summed E-state index contributed by atoms with van der Waals surface area (Å²) in [5.74, 6) is 1.69. The lowest BCUT2D eigenvalue weighted by molar-refractivity contribution is 0.626. The van der Waals surface area contributed by atoms with E-state index in [4.69, 9.17) is 0 Å². The van der Waals surface area contributed by atoms with E-state index in [0.717, 1.165) is 52.7 Å². The van der Waals surface area contributed by atoms with Crippen molar-refractivity contribution >= 4 is 34.6 Å². The predicted molar refractivity (Wildman–Crippen MR) is 120 cm³/mol. The number of pyridine rings is 1. The molecule has 2 heterocycles. The monoisotopic (exact) mass is 423 g/mol. The summed E-state index contributed by atoms with van der Waals surface area (Å²) in [6.45, 7) is 0. The van der Waals surface area contributed by atoms with Crippen LogP contribution in [-0.4, -0.2) is 20.7 Å². The normalized spacial score (nSPS) is 11.2. The lowest BCUT2D eigenvalue weighted by Gasteiger charge is -2.05. The van der Waals surface area contributed by atoms with Gasteiger partial charge in [-0.05, 0) is 67.0 Å². The number of hydrogen-bond acceptors (Lipinski definition) is 4. The Labute approximate surface area is 178 Å². The molecule has 6 heteroatoms. The van der Waals surface area contributed by atoms with Crippen molar-refractivity contribution in [3.63, 3.8) is 0 Å². The number of H-pyrrole nitrogens is 1. The Kier molecular flexibility index (Phi) is 6.85. The van der Waals surface area contributed by atoms with Gasteiger partial charge in [0.2, 0.25) is 0 Å². The van der Waals surface area contributed by atoms with Gasteiger partial charge >= 0.3 is 0 Å². The van der Waals surface area contributed by atoms with Crippen molar-refractivity contribution in [1.29, 1.82) is 0 Å². The van der Waals surface area contributed by atoms with E-state index in [1.54, 1.807) is 11.8 Å². The molecule has 4 aromatic rings. The molecule has 3 nitrogen and oxygen atoms in total. The van der Waals surface area contributed by atoms with Crippen LogP contribution in [0, 0.1) is 5.82 Å². The Morgan fingerprint density at radius 2 is 1.79 bits per heavy atom. The van der Waals surface area contributed by atoms with Gasteiger partial charge in [0.05, 0.1) is 16.7 Å². The molecular weight excluding hydrogens is 401 g/mol. The number of rotatable bonds is 9. The Balaban J connectivity index is 1.22. The maximum Gasteiger partial charge on any atom is 0.166 e. The summed E-state index contributed by atoms with van der Waals surface area (Å²) in [5.41, 5.74) is 4.32. The lowest BCUT2D eigenvalue weighted by Crippen LogP contribution is -1.90. The van der Waals surface area contributed by atoms with Crippen LogP contribution in [0.5, 0.6) is 0 Å². The minimum Gasteiger partial charge on any atom is -0.333 e. The Bertz CT molecular complexity index is 1030. The number of hydrogen-bond donors (Lipinski definition) is 1. The molecule has 0 spiro atoms. The number of halogens is 1. The fourth-order valence-corrected chi connectivity index (χ4v) is 4.79. The molecule has 0 radical (unpaired) electrons. The van der Waals surface area contributed by atoms with Crippen LogP contribution in [0.15, 0.2) is 76.9 Å². The van der Waals surface area contributed by atoms with Crippen LogP contribution in [0.1, 0.15) is 24.1 Å². The van der Waals surface area contributed by atoms with E-state index in [2.05, 4.69) is 27.1 Å². The number of fused-ring (bicyclic) bond motifs is 1. The molecule has 4 rings (SSSR count). The molecule has 0 bridgehead atoms. The van der Waals surface area contributed by atoms with Crippen LogP contribution in [0.2, 0.25) is 0 Å². The Morgan fingerprint density at radius 3 is 2.66 bits per heavy atom. The molecule has 2 aromatic carbocycles. The topological polar surface area (TPSA) is 41.6 Å². The molecule has 1 N–H and O–H groups in total. The molecule has 0 amide bonds. The van der Waals surface area contributed by atoms with Crippen molar-refractivity contribution in [2.75, 3.05) is 5.75 Å². The van der Waals surface area contributed by atoms with Gasteiger partial charge in [-0.2, -0.15) is 0 Å². The number of aromatic nitrogens is 3. The second-order valence-corrected chi connectivity index (χ2v) is 8.90. The molecular formula is C23H22FN3S2. The first-order valence-electron chi connectivity index (χ1n) is 9.66. The highest BCUT2D eigenvalue weighted by molar-refractivity contribution is 7.99. The van der Waals surface area contributed by atoms with Gasteiger partial charge in [-0.3, -0.25) is 4.98 Å². The van der Waals surface area contributed by atoms with Crippen molar-refractivity contribution in [1.82, 2.24) is 15.0 Å². The van der Waals surface area contributed by atoms with Crippen molar-refractivity contribution < 1.29 is 4.39 Å². The van der Waals surface area contributed by atoms with Crippen LogP contribution in [0.4, 0.5) is 4.39 Å². The van der Waals surface area contributed by atoms with Crippen molar-refractivity contribution in [2.24, 2.45) is 0 Å². The average Bonchev–Trinajstić information content (AvgIpc) is 3.17. The minimum absolute atomic E-state index is 0.170. The molecule has 0 unspecified atom stereocenters. The van der Waals surface area contributed by atoms with Gasteiger partial charge in [-0.15, -0.1) is 11.8 Å². The molecule has 29 heavy (non-hydrogen) atoms. The third kappa shape index (κ3) is 5.84. The molecule has 0 atom stereocenters. The van der Waals surface area contributed by atoms with Gasteiger partial charge in [0.1, 0.15) is 5.82 Å². The van der Waals surface area contributed by atoms with Gasteiger partial charge in [0.25, 0.3) is 0 Å². The summed E-state index contributed by atoms with van der Waals surface area (Å²) in [6, 6.07) is 19.1. The first kappa shape index (κ1) is 20.0. The number of imidazole rings is 1. The second-order valence-electron chi connectivity index (χ2n) is 6.76. The zero-order chi connectivity index (χ0) is 19.9. The number of thioether (sulfide) groups is 2. The molecule has 148 valence electrons. The van der Waals surface area contributed by atoms with Gasteiger partial charge < -0.3 is 4.98 Å². The molecule has 0 saturated carbocycles. The fourth-order valence-electron chi connectivity index (χ4n) is 3.04. The summed E-state index contributed by atoms with van der Waals surface area (Å²) in [7, 11) is 0. The SMILES string of the molecule is Fc1ccc(CCCCSc2ccnc(CSc3nc4ccccc4[nH]3)c2)cc1. The van der Waals surface area contributed by atoms with E-state index in [-0.39, 0.29) is 5.82 Å². The maximum atomic E-state index is 12.9. The minimum atomic E-state index is -0.170. The van der Waals surface area contributed by atoms with Crippen molar-refractivity contribution in [3.8, 4) is 0 Å². The summed E-state index contributed by atoms with van der Waals surface area (Å²) in [6.07, 6.45) is 5.12. The van der Waals surface area contributed by atoms with Gasteiger partial charge in [0.15, 0.2) is 5.16 Å². The van der Waals surface area contributed by atoms with Crippen molar-refractivity contribution in [2.45, 2.75) is 35.1 Å². The number of nitrogens with one attached hydrogen (secondary N) is 1. The Hall–Kier alpha value is -2.31. The number of aromatic amines is 1. The van der Waals surface area contributed by atoms with E-state index in [1.807, 2.05) is 54.4 Å². The summed E-state index contributed by atoms with van der Waals surface area (Å²) in [4.78, 5) is 13.7. The highest BCUT2D eigenvalue weighted by atomic mass is 32.2. The van der Waals surface area contributed by atoms with Crippen LogP contribution in [0.25, 0.3) is 11.0 Å². The zero-order valence-electron chi connectivity index (χ0n) is 16.0. The maximum absolute atomic E-state index is 12.9. The van der Waals surface area contributed by atoms with Crippen LogP contribution in [0.3, 0.4) is 0 Å². The molecule has 0 aliphatic rings. The first-order chi connectivity index (χ1) is 14.3. The highest BCUT2D eigenvalue weighted by Gasteiger charge is 2.05. The molecule has 0 aliphatic heterocycles. The predicted octanol–water partition coefficient (Wildman–Crippen LogP) is 6.50. The van der Waals surface area contributed by atoms with Gasteiger partial charge in [-0.1, -0.05) is 36.0 Å². The molecule has 2 aromatic heterocycles. The zero-order valence-corrected chi connectivity index (χ0v) is 17.6. The molecule has 0 saturated heterocycles. The van der Waals surface area contributed by atoms with Crippen LogP contribution < -0.4 is 0 Å². The molecule has 0 aliphatic carbocycles. The fraction of sp³-hybridized carbons (Fsp3) is 0.217. The standard InChI is InChI=1S/C23H22FN3S2/c24-18-10-8-17(9-11-18)5-3-4-14-28-20-12-13-25-19(15-20)16-29-23-26-21-6-1-2-7-22(21)27-23/h1-2,6-13,15H,3-5,14,16H2,(H,26,27). The second kappa shape index (κ2) is 9.94. The summed E-state index contributed by atoms with van der Waals surface area (Å²) in [5, 5.41) is 0.923. The third-order valence-corrected chi connectivity index (χ3v) is 6.54. The quantitative estimate of drug-likeness (QED) is 0.246. The number of nitrogens with zero attached hydrogens (tertiary/aromatic N) is 2. The third-order valence-electron chi connectivity index (χ3n) is 4.55. The van der Waals surface area contributed by atoms with E-state index in [1.165, 1.54) is 22.6 Å². The van der Waals surface area contributed by atoms with E-state index >= 15 is 0 Å². The number of benzene rings is 2. The summed E-state index contributed by atoms with van der Waals surface area (Å²) >= 11 is 3.54. The van der Waals surface area contributed by atoms with Crippen LogP contribution in [-0.2, 0) is 12.2 Å². The molecule has 0 fully saturated rings. The van der Waals surface area contributed by atoms with Crippen LogP contribution >= 0.6 is 23.5 Å². The number of unbranched alkanes of at least 4 members (excludes halogenated alkanes) is 1. The average molecular weight is 424 g/mol. The largest absolute Gasteiger partial charge is 0.333 e. The number of para-hydroxylation sites is 2. The van der Waals surface area contributed by atoms with E-state index in [9.17, 15) is 4.39 Å². The summed E-state index contributed by atoms with van der Waals surface area (Å²) < 4.78 is 12.9. The smallest absolute Gasteiger partial charge is 0.166 e. The van der Waals surface area contributed by atoms with Gasteiger partial charge in [0, 0.05) is 16.8 Å². The highest BCUT2D eigenvalue weighted by Crippen LogP contribution is 2.25. The van der Waals surface area contributed by atoms with Crippen molar-refractivity contribution in [3.05, 3.63) is 83.9 Å².